The Labute approximate surface area is 669 Å². The van der Waals surface area contributed by atoms with Gasteiger partial charge in [-0.2, -0.15) is 57.7 Å². The highest BCUT2D eigenvalue weighted by Crippen LogP contribution is 2.34. The van der Waals surface area contributed by atoms with Gasteiger partial charge in [0.2, 0.25) is 29.6 Å². The number of amides is 4. The summed E-state index contributed by atoms with van der Waals surface area (Å²) >= 11 is 24.0. The van der Waals surface area contributed by atoms with Crippen molar-refractivity contribution in [2.45, 2.75) is 83.5 Å². The van der Waals surface area contributed by atoms with Gasteiger partial charge in [0.05, 0.1) is 26.3 Å². The Morgan fingerprint density at radius 2 is 0.772 bits per heavy atom. The number of hydrogen-bond acceptors (Lipinski definition) is 21. The number of alkyl halides is 12. The first-order valence-electron chi connectivity index (χ1n) is 33.2. The zero-order chi connectivity index (χ0) is 83.5. The molecule has 622 valence electrons. The molecular formula is C68H82Cl4F13N25O4. The van der Waals surface area contributed by atoms with Crippen LogP contribution in [-0.2, 0) is 19.2 Å². The van der Waals surface area contributed by atoms with Crippen LogP contribution in [0.4, 0.5) is 80.5 Å². The molecule has 0 saturated carbocycles. The molecule has 4 amide bonds. The molecule has 4 atom stereocenters. The number of halogens is 17. The molecule has 0 bridgehead atoms. The summed E-state index contributed by atoms with van der Waals surface area (Å²) in [7, 11) is 4.52. The Hall–Kier alpha value is -11.7. The third kappa shape index (κ3) is 23.0. The van der Waals surface area contributed by atoms with Crippen LogP contribution in [0.15, 0.2) is 111 Å². The maximum Gasteiger partial charge on any atom is 0.405 e. The number of aromatic nitrogens is 17. The normalized spacial score (nSPS) is 12.8. The minimum Gasteiger partial charge on any atom is -0.348 e. The lowest BCUT2D eigenvalue weighted by Gasteiger charge is -2.31. The summed E-state index contributed by atoms with van der Waals surface area (Å²) in [4.78, 5) is 119. The average Bonchev–Trinajstić information content (AvgIpc) is 1.71. The maximum absolute atomic E-state index is 14.3. The zero-order valence-electron chi connectivity index (χ0n) is 60.3. The predicted octanol–water partition coefficient (Wildman–Crippen LogP) is 15.1. The molecule has 12 rings (SSSR count). The summed E-state index contributed by atoms with van der Waals surface area (Å²) in [5.41, 5.74) is 4.77. The number of likely N-dealkylation sites (N-methyl/N-ethyl adjacent to an activating group) is 3. The Morgan fingerprint density at radius 3 is 1.15 bits per heavy atom. The second-order valence-corrected chi connectivity index (χ2v) is 26.8. The van der Waals surface area contributed by atoms with Gasteiger partial charge in [0, 0.05) is 140 Å². The molecule has 12 heterocycles. The van der Waals surface area contributed by atoms with E-state index < -0.39 is 104 Å². The fraction of sp³-hybridized carbons (Fsp3) is 0.309. The van der Waals surface area contributed by atoms with Crippen LogP contribution in [-0.4, -0.2) is 205 Å². The molecule has 46 heteroatoms. The minimum atomic E-state index is -4.55. The average molecular weight is 1700 g/mol. The number of aromatic amines is 4. The molecule has 0 saturated heterocycles. The quantitative estimate of drug-likeness (QED) is 0.0302. The number of H-pyrrole nitrogens is 4. The van der Waals surface area contributed by atoms with Crippen molar-refractivity contribution in [1.82, 2.24) is 106 Å². The lowest BCUT2D eigenvalue weighted by molar-refractivity contribution is -0.139. The highest BCUT2D eigenvalue weighted by atomic mass is 35.5. The summed E-state index contributed by atoms with van der Waals surface area (Å²) in [5.74, 6) is -2.63. The van der Waals surface area contributed by atoms with Crippen molar-refractivity contribution in [2.75, 3.05) is 67.3 Å². The Morgan fingerprint density at radius 1 is 0.430 bits per heavy atom. The number of rotatable bonds is 21. The molecule has 12 aromatic heterocycles. The van der Waals surface area contributed by atoms with Crippen molar-refractivity contribution in [3.8, 4) is 45.6 Å². The Balaban J connectivity index is 0.00000158. The third-order valence-electron chi connectivity index (χ3n) is 16.4. The van der Waals surface area contributed by atoms with Crippen molar-refractivity contribution in [2.24, 2.45) is 5.92 Å². The number of anilines is 4. The van der Waals surface area contributed by atoms with E-state index in [9.17, 15) is 76.3 Å². The van der Waals surface area contributed by atoms with Crippen molar-refractivity contribution >= 4 is 138 Å². The molecule has 0 spiro atoms. The van der Waals surface area contributed by atoms with Gasteiger partial charge in [-0.1, -0.05) is 60.3 Å². The zero-order valence-corrected chi connectivity index (χ0v) is 63.3. The van der Waals surface area contributed by atoms with Crippen LogP contribution in [0.3, 0.4) is 0 Å². The second-order valence-electron chi connectivity index (χ2n) is 25.1. The standard InChI is InChI=1S/C19H20ClF3N6O.C17H15ClF4N6O.C17H16ClF3N6O.C15H13ClF3N7O.9H2/c1-10(2)15(18(30)27-9-19(21,22)23)29(3)14-4-5-24-17(28-14)13-8-26-16-12(13)6-11(20)7-25-16;1-8(16(29)26-7-17(20,21)22)28(2)15-12(19)6-25-14(27-15)11-5-24-13-10(11)3-9(18)4-23-13;1-9(16(28)25-8-17(19,20)21)27(2)13-3-4-22-15(26-13)12-7-24-14-11(12)5-10(18)6-23-14;1-7(13(27)22-5-15(17,18)19)25-14-24-6-23-12(26-14)10-4-21-11-9(10)2-8(16)3-20-11;;;;;;;;;/h4-8,10,15H,9H2,1-3H3,(H,25,26)(H,27,30);3-6,8H,7H2,1-2H3,(H,23,24)(H,26,29);3-7,9H,8H2,1-2H3,(H,23,24)(H,25,28);2-4,6-7H,5H2,1H3,(H,20,21)(H,22,27)(H,23,24,25,26);9*1H/t15-;8-;9-;7-;;;;;;;;;/m1111........./s1. The van der Waals surface area contributed by atoms with Gasteiger partial charge in [-0.05, 0) is 63.1 Å². The van der Waals surface area contributed by atoms with Gasteiger partial charge in [-0.15, -0.1) is 0 Å². The van der Waals surface area contributed by atoms with Crippen LogP contribution >= 0.6 is 46.4 Å². The highest BCUT2D eigenvalue weighted by Gasteiger charge is 2.36. The number of fused-ring (bicyclic) bond motifs is 4. The van der Waals surface area contributed by atoms with Gasteiger partial charge in [0.25, 0.3) is 0 Å². The smallest absolute Gasteiger partial charge is 0.348 e. The first kappa shape index (κ1) is 86.3. The molecule has 114 heavy (non-hydrogen) atoms. The molecule has 0 radical (unpaired) electrons. The second kappa shape index (κ2) is 36.4. The van der Waals surface area contributed by atoms with Crippen molar-refractivity contribution in [3.63, 3.8) is 0 Å². The third-order valence-corrected chi connectivity index (χ3v) is 17.2. The summed E-state index contributed by atoms with van der Waals surface area (Å²) < 4.78 is 162. The van der Waals surface area contributed by atoms with Crippen molar-refractivity contribution < 1.29 is 89.1 Å². The first-order valence-corrected chi connectivity index (χ1v) is 34.8. The number of carbonyl (C=O) groups excluding carboxylic acids is 4. The van der Waals surface area contributed by atoms with E-state index >= 15 is 0 Å². The number of nitrogens with zero attached hydrogens (tertiary/aromatic N) is 16. The molecule has 0 fully saturated rings. The van der Waals surface area contributed by atoms with Gasteiger partial charge in [-0.25, -0.2) is 64.2 Å². The maximum atomic E-state index is 14.3. The van der Waals surface area contributed by atoms with Gasteiger partial charge >= 0.3 is 24.7 Å². The SMILES string of the molecule is CC(C)[C@H](C(=O)NCC(F)(F)F)N(C)c1ccnc(-c2c[nH]c3ncc(Cl)cc23)n1.C[C@@H](Nc1ncnc(-c2c[nH]c3ncc(Cl)cc23)n1)C(=O)NCC(F)(F)F.C[C@H](C(=O)NCC(F)(F)F)N(C)c1ccnc(-c2c[nH]c3ncc(Cl)cc23)n1.C[C@H](C(=O)NCC(F)(F)F)N(C)c1nc(-c2c[nH]c3ncc(Cl)cc23)ncc1F.[HH].[HH].[HH].[HH].[HH].[HH].[HH].[HH].[HH]. The van der Waals surface area contributed by atoms with Crippen LogP contribution in [0.5, 0.6) is 0 Å². The summed E-state index contributed by atoms with van der Waals surface area (Å²) in [6.45, 7) is 2.06. The molecule has 29 nitrogen and oxygen atoms in total. The van der Waals surface area contributed by atoms with Crippen LogP contribution in [0.2, 0.25) is 20.1 Å². The molecule has 9 N–H and O–H groups in total. The van der Waals surface area contributed by atoms with E-state index in [1.54, 1.807) is 105 Å². The first-order chi connectivity index (χ1) is 53.5. The number of carbonyl (C=O) groups is 4. The minimum absolute atomic E-state index is 0. The van der Waals surface area contributed by atoms with E-state index in [0.717, 1.165) is 21.9 Å². The predicted molar refractivity (Wildman–Crippen MR) is 417 cm³/mol. The van der Waals surface area contributed by atoms with Crippen LogP contribution in [0, 0.1) is 11.7 Å². The Kier molecular flexibility index (Phi) is 27.6. The lowest BCUT2D eigenvalue weighted by atomic mass is 10.0. The fourth-order valence-corrected chi connectivity index (χ4v) is 11.2. The van der Waals surface area contributed by atoms with Crippen LogP contribution in [0.25, 0.3) is 89.7 Å². The molecule has 0 aliphatic carbocycles. The Bertz CT molecular complexity index is 5440. The lowest BCUT2D eigenvalue weighted by Crippen LogP contribution is -2.50. The molecule has 0 unspecified atom stereocenters. The van der Waals surface area contributed by atoms with E-state index in [2.05, 4.69) is 90.0 Å². The van der Waals surface area contributed by atoms with E-state index in [1.807, 2.05) is 10.6 Å². The molecule has 0 aromatic carbocycles. The fourth-order valence-electron chi connectivity index (χ4n) is 10.6. The van der Waals surface area contributed by atoms with E-state index in [0.29, 0.717) is 99.0 Å². The van der Waals surface area contributed by atoms with Crippen molar-refractivity contribution in [3.05, 3.63) is 137 Å². The number of pyridine rings is 4. The van der Waals surface area contributed by atoms with Gasteiger partial charge in [0.1, 0.15) is 90.9 Å². The topological polar surface area (TPSA) is 369 Å². The van der Waals surface area contributed by atoms with Gasteiger partial charge in [-0.3, -0.25) is 19.2 Å². The van der Waals surface area contributed by atoms with Crippen LogP contribution < -0.4 is 41.3 Å². The molecule has 0 aliphatic rings. The molecular weight excluding hydrogens is 1620 g/mol. The summed E-state index contributed by atoms with van der Waals surface area (Å²) in [6, 6.07) is 6.12. The summed E-state index contributed by atoms with van der Waals surface area (Å²) in [5, 5.41) is 14.5. The molecule has 12 aromatic rings. The van der Waals surface area contributed by atoms with Gasteiger partial charge < -0.3 is 61.2 Å². The van der Waals surface area contributed by atoms with E-state index in [-0.39, 0.29) is 42.2 Å². The van der Waals surface area contributed by atoms with E-state index in [1.165, 1.54) is 76.2 Å². The highest BCUT2D eigenvalue weighted by molar-refractivity contribution is 6.32. The monoisotopic (exact) mass is 1700 g/mol. The van der Waals surface area contributed by atoms with Gasteiger partial charge in [0.15, 0.2) is 34.9 Å². The summed E-state index contributed by atoms with van der Waals surface area (Å²) in [6.07, 6.45) is -0.239. The van der Waals surface area contributed by atoms with Crippen LogP contribution in [0.1, 0.15) is 47.5 Å². The number of hydrogen-bond donors (Lipinski definition) is 9. The van der Waals surface area contributed by atoms with Crippen molar-refractivity contribution in [1.29, 1.82) is 0 Å². The van der Waals surface area contributed by atoms with E-state index in [4.69, 9.17) is 46.4 Å². The largest absolute Gasteiger partial charge is 0.405 e. The number of nitrogens with one attached hydrogen (secondary N) is 9. The molecule has 0 aliphatic heterocycles.